The second-order valence-corrected chi connectivity index (χ2v) is 8.62. The van der Waals surface area contributed by atoms with Gasteiger partial charge in [0, 0.05) is 11.6 Å². The predicted molar refractivity (Wildman–Crippen MR) is 132 cm³/mol. The molecule has 1 N–H and O–H groups in total. The SMILES string of the molecule is Cc1cc(C)cc(C(=O)Nc2cc(C)nn2-c2ncnc3c2cnn3-c2cccc(C)c2C)c1. The number of aryl methyl sites for hydroxylation is 4. The number of hydrogen-bond donors (Lipinski definition) is 1. The van der Waals surface area contributed by atoms with Crippen LogP contribution in [0, 0.1) is 34.6 Å². The number of aromatic nitrogens is 6. The van der Waals surface area contributed by atoms with E-state index in [-0.39, 0.29) is 5.91 Å². The zero-order valence-corrected chi connectivity index (χ0v) is 19.8. The normalized spacial score (nSPS) is 11.2. The monoisotopic (exact) mass is 451 g/mol. The average Bonchev–Trinajstić information content (AvgIpc) is 3.38. The maximum absolute atomic E-state index is 13.0. The Bertz CT molecular complexity index is 1540. The highest BCUT2D eigenvalue weighted by atomic mass is 16.1. The van der Waals surface area contributed by atoms with Gasteiger partial charge in [-0.15, -0.1) is 0 Å². The van der Waals surface area contributed by atoms with Crippen LogP contribution in [-0.4, -0.2) is 35.4 Å². The van der Waals surface area contributed by atoms with E-state index in [1.165, 1.54) is 11.9 Å². The van der Waals surface area contributed by atoms with Crippen molar-refractivity contribution in [1.82, 2.24) is 29.5 Å². The van der Waals surface area contributed by atoms with Gasteiger partial charge in [-0.25, -0.2) is 14.6 Å². The van der Waals surface area contributed by atoms with Gasteiger partial charge < -0.3 is 5.32 Å². The molecule has 5 rings (SSSR count). The third-order valence-corrected chi connectivity index (χ3v) is 5.91. The molecule has 34 heavy (non-hydrogen) atoms. The molecule has 2 aromatic carbocycles. The number of nitrogens with zero attached hydrogens (tertiary/aromatic N) is 6. The second-order valence-electron chi connectivity index (χ2n) is 8.62. The highest BCUT2D eigenvalue weighted by Crippen LogP contribution is 2.26. The van der Waals surface area contributed by atoms with Crippen LogP contribution < -0.4 is 5.32 Å². The van der Waals surface area contributed by atoms with Gasteiger partial charge in [-0.05, 0) is 63.9 Å². The van der Waals surface area contributed by atoms with Crippen LogP contribution in [0.15, 0.2) is 55.0 Å². The van der Waals surface area contributed by atoms with E-state index in [2.05, 4.69) is 45.4 Å². The number of hydrogen-bond acceptors (Lipinski definition) is 5. The number of benzene rings is 2. The van der Waals surface area contributed by atoms with Crippen molar-refractivity contribution in [2.75, 3.05) is 5.32 Å². The van der Waals surface area contributed by atoms with Crippen molar-refractivity contribution in [2.24, 2.45) is 0 Å². The molecular weight excluding hydrogens is 426 g/mol. The van der Waals surface area contributed by atoms with Gasteiger partial charge in [0.15, 0.2) is 11.5 Å². The molecule has 0 fully saturated rings. The number of carbonyl (C=O) groups excluding carboxylic acids is 1. The van der Waals surface area contributed by atoms with Crippen LogP contribution in [0.3, 0.4) is 0 Å². The summed E-state index contributed by atoms with van der Waals surface area (Å²) in [6, 6.07) is 13.7. The van der Waals surface area contributed by atoms with Gasteiger partial charge in [-0.1, -0.05) is 29.3 Å². The Balaban J connectivity index is 1.58. The highest BCUT2D eigenvalue weighted by Gasteiger charge is 2.19. The van der Waals surface area contributed by atoms with Crippen molar-refractivity contribution >= 4 is 22.8 Å². The molecule has 5 aromatic rings. The molecule has 0 atom stereocenters. The van der Waals surface area contributed by atoms with E-state index in [0.717, 1.165) is 33.5 Å². The summed E-state index contributed by atoms with van der Waals surface area (Å²) in [5.74, 6) is 0.871. The maximum Gasteiger partial charge on any atom is 0.256 e. The first-order chi connectivity index (χ1) is 16.3. The van der Waals surface area contributed by atoms with E-state index in [1.54, 1.807) is 10.9 Å². The standard InChI is InChI=1S/C26H25N7O/c1-15-9-16(2)11-20(10-15)26(34)30-23-12-18(4)31-33(23)25-21-13-29-32(24(21)27-14-28-25)22-8-6-7-17(3)19(22)5/h6-14H,1-5H3,(H,30,34). The molecule has 0 saturated carbocycles. The molecule has 0 bridgehead atoms. The first kappa shape index (κ1) is 21.5. The van der Waals surface area contributed by atoms with Crippen molar-refractivity contribution < 1.29 is 4.79 Å². The highest BCUT2D eigenvalue weighted by molar-refractivity contribution is 6.04. The van der Waals surface area contributed by atoms with Gasteiger partial charge >= 0.3 is 0 Å². The van der Waals surface area contributed by atoms with Crippen molar-refractivity contribution in [1.29, 1.82) is 0 Å². The number of rotatable bonds is 4. The molecule has 0 unspecified atom stereocenters. The Morgan fingerprint density at radius 1 is 0.912 bits per heavy atom. The first-order valence-corrected chi connectivity index (χ1v) is 11.0. The summed E-state index contributed by atoms with van der Waals surface area (Å²) in [5.41, 5.74) is 7.34. The quantitative estimate of drug-likeness (QED) is 0.424. The van der Waals surface area contributed by atoms with Gasteiger partial charge in [-0.2, -0.15) is 14.9 Å². The molecule has 170 valence electrons. The lowest BCUT2D eigenvalue weighted by Crippen LogP contribution is -2.16. The van der Waals surface area contributed by atoms with Crippen LogP contribution in [0.1, 0.15) is 38.3 Å². The van der Waals surface area contributed by atoms with Crippen molar-refractivity contribution in [3.63, 3.8) is 0 Å². The van der Waals surface area contributed by atoms with E-state index in [9.17, 15) is 4.79 Å². The third-order valence-electron chi connectivity index (χ3n) is 5.91. The number of amides is 1. The van der Waals surface area contributed by atoms with Gasteiger partial charge in [0.1, 0.15) is 12.1 Å². The Morgan fingerprint density at radius 3 is 2.44 bits per heavy atom. The van der Waals surface area contributed by atoms with E-state index in [1.807, 2.05) is 61.9 Å². The summed E-state index contributed by atoms with van der Waals surface area (Å²) in [6.45, 7) is 9.97. The van der Waals surface area contributed by atoms with Gasteiger partial charge in [0.25, 0.3) is 5.91 Å². The zero-order valence-electron chi connectivity index (χ0n) is 19.8. The Hall–Kier alpha value is -4.33. The van der Waals surface area contributed by atoms with E-state index in [0.29, 0.717) is 22.8 Å². The van der Waals surface area contributed by atoms with E-state index >= 15 is 0 Å². The molecule has 0 spiro atoms. The van der Waals surface area contributed by atoms with Gasteiger partial charge in [0.05, 0.1) is 23.0 Å². The predicted octanol–water partition coefficient (Wildman–Crippen LogP) is 4.80. The summed E-state index contributed by atoms with van der Waals surface area (Å²) < 4.78 is 3.45. The fourth-order valence-corrected chi connectivity index (χ4v) is 4.19. The lowest BCUT2D eigenvalue weighted by molar-refractivity contribution is 0.102. The molecule has 0 aliphatic rings. The summed E-state index contributed by atoms with van der Waals surface area (Å²) in [7, 11) is 0. The molecule has 0 saturated heterocycles. The van der Waals surface area contributed by atoms with E-state index in [4.69, 9.17) is 0 Å². The van der Waals surface area contributed by atoms with Gasteiger partial charge in [-0.3, -0.25) is 4.79 Å². The van der Waals surface area contributed by atoms with Crippen LogP contribution in [0.4, 0.5) is 5.82 Å². The molecule has 0 aliphatic heterocycles. The lowest BCUT2D eigenvalue weighted by atomic mass is 10.1. The van der Waals surface area contributed by atoms with Crippen LogP contribution in [0.5, 0.6) is 0 Å². The van der Waals surface area contributed by atoms with Crippen LogP contribution >= 0.6 is 0 Å². The molecule has 8 heteroatoms. The minimum Gasteiger partial charge on any atom is -0.306 e. The lowest BCUT2D eigenvalue weighted by Gasteiger charge is -2.11. The molecule has 3 heterocycles. The molecule has 1 amide bonds. The average molecular weight is 452 g/mol. The molecular formula is C26H25N7O. The maximum atomic E-state index is 13.0. The van der Waals surface area contributed by atoms with Crippen molar-refractivity contribution in [3.05, 3.63) is 88.5 Å². The second kappa shape index (κ2) is 8.22. The fraction of sp³-hybridized carbons (Fsp3) is 0.192. The van der Waals surface area contributed by atoms with Crippen LogP contribution in [0.2, 0.25) is 0 Å². The summed E-state index contributed by atoms with van der Waals surface area (Å²) in [5, 5.41) is 12.9. The van der Waals surface area contributed by atoms with Gasteiger partial charge in [0.2, 0.25) is 0 Å². The largest absolute Gasteiger partial charge is 0.306 e. The summed E-state index contributed by atoms with van der Waals surface area (Å²) in [6.07, 6.45) is 3.23. The third kappa shape index (κ3) is 3.73. The number of nitrogens with one attached hydrogen (secondary N) is 1. The van der Waals surface area contributed by atoms with Crippen molar-refractivity contribution in [3.8, 4) is 11.5 Å². The molecule has 8 nitrogen and oxygen atoms in total. The topological polar surface area (TPSA) is 90.5 Å². The molecule has 3 aromatic heterocycles. The number of fused-ring (bicyclic) bond motifs is 1. The summed E-state index contributed by atoms with van der Waals surface area (Å²) in [4.78, 5) is 22.0. The van der Waals surface area contributed by atoms with Crippen molar-refractivity contribution in [2.45, 2.75) is 34.6 Å². The number of carbonyl (C=O) groups is 1. The molecule has 0 radical (unpaired) electrons. The fourth-order valence-electron chi connectivity index (χ4n) is 4.19. The Labute approximate surface area is 197 Å². The number of anilines is 1. The Morgan fingerprint density at radius 2 is 1.68 bits per heavy atom. The Kier molecular flexibility index (Phi) is 5.20. The van der Waals surface area contributed by atoms with Crippen LogP contribution in [0.25, 0.3) is 22.5 Å². The molecule has 0 aliphatic carbocycles. The summed E-state index contributed by atoms with van der Waals surface area (Å²) >= 11 is 0. The minimum atomic E-state index is -0.204. The van der Waals surface area contributed by atoms with Crippen LogP contribution in [-0.2, 0) is 0 Å². The minimum absolute atomic E-state index is 0.204. The first-order valence-electron chi connectivity index (χ1n) is 11.0. The smallest absolute Gasteiger partial charge is 0.256 e. The zero-order chi connectivity index (χ0) is 24.0. The van der Waals surface area contributed by atoms with E-state index < -0.39 is 0 Å².